The number of hydrogen-bond acceptors (Lipinski definition) is 12. The van der Waals surface area contributed by atoms with Gasteiger partial charge in [-0.2, -0.15) is 0 Å². The molecular formula is C92H86N6O12. The highest BCUT2D eigenvalue weighted by Gasteiger charge is 2.46. The average molecular weight is 1470 g/mol. The van der Waals surface area contributed by atoms with Crippen molar-refractivity contribution in [3.05, 3.63) is 185 Å². The number of carbonyl (C=O) groups excluding carboxylic acids is 12. The van der Waals surface area contributed by atoms with E-state index in [1.54, 1.807) is 19.2 Å². The molecule has 6 aliphatic heterocycles. The molecular weight excluding hydrogens is 1380 g/mol. The Kier molecular flexibility index (Phi) is 14.8. The molecule has 0 bridgehead atoms. The molecule has 18 nitrogen and oxygen atoms in total. The molecule has 0 saturated carbocycles. The summed E-state index contributed by atoms with van der Waals surface area (Å²) in [5.74, 6) is -4.13. The van der Waals surface area contributed by atoms with Crippen molar-refractivity contribution in [1.82, 2.24) is 29.4 Å². The molecule has 0 aliphatic carbocycles. The van der Waals surface area contributed by atoms with Crippen LogP contribution in [0.15, 0.2) is 84.9 Å². The van der Waals surface area contributed by atoms with Gasteiger partial charge in [0.2, 0.25) is 0 Å². The normalized spacial score (nSPS) is 16.3. The van der Waals surface area contributed by atoms with E-state index < -0.39 is 34.5 Å². The van der Waals surface area contributed by atoms with Crippen LogP contribution in [-0.4, -0.2) is 143 Å². The second kappa shape index (κ2) is 22.5. The van der Waals surface area contributed by atoms with Gasteiger partial charge in [0.05, 0.1) is 11.1 Å². The van der Waals surface area contributed by atoms with E-state index in [1.165, 1.54) is 54.8 Å². The smallest absolute Gasteiger partial charge is 0.261 e. The molecule has 0 unspecified atom stereocenters. The van der Waals surface area contributed by atoms with E-state index in [9.17, 15) is 57.5 Å². The SMILES string of the molecule is CN1C(=O)c2cc(C(C)(C)C)c3c4c(cc(C(C)(C)C)c(c24)C1=O)C(=O)N(C)C3=O.CN1C(=O)c2ccc3c4c(C(C)(C)C)cc5c6c(cc(C(C)(C)C)c(c7ccc(c2c37)C1=O)c64)C(=O)N(C)C5=O.CN1C(=O)c2ccc3c4c(C(C)(C)C)cc5c6c(ccc(c7c(C(C)(C)C)cc(c2c37)C1=O)c64)C(=O)N(C)C5=O. The Balaban J connectivity index is 0.000000127. The number of fused-ring (bicyclic) bond motifs is 4. The molecule has 0 atom stereocenters. The highest BCUT2D eigenvalue weighted by atomic mass is 16.2. The number of hydrogen-bond donors (Lipinski definition) is 0. The lowest BCUT2D eigenvalue weighted by Crippen LogP contribution is -2.43. The van der Waals surface area contributed by atoms with Gasteiger partial charge in [-0.3, -0.25) is 86.9 Å². The number of imide groups is 6. The first-order chi connectivity index (χ1) is 51.0. The monoisotopic (exact) mass is 1470 g/mol. The van der Waals surface area contributed by atoms with Crippen LogP contribution in [-0.2, 0) is 32.5 Å². The van der Waals surface area contributed by atoms with E-state index >= 15 is 0 Å². The minimum absolute atomic E-state index is 0.306. The van der Waals surface area contributed by atoms with E-state index in [1.807, 2.05) is 114 Å². The van der Waals surface area contributed by atoms with Crippen LogP contribution in [0.2, 0.25) is 0 Å². The Hall–Kier alpha value is -11.7. The number of amides is 12. The number of benzene rings is 12. The lowest BCUT2D eigenvalue weighted by atomic mass is 9.72. The van der Waals surface area contributed by atoms with Gasteiger partial charge in [-0.05, 0) is 191 Å². The van der Waals surface area contributed by atoms with Crippen molar-refractivity contribution in [3.63, 3.8) is 0 Å². The number of nitrogens with zero attached hydrogens (tertiary/aromatic N) is 6. The minimum Gasteiger partial charge on any atom is -0.277 e. The first kappa shape index (κ1) is 72.5. The summed E-state index contributed by atoms with van der Waals surface area (Å²) in [4.78, 5) is 167. The van der Waals surface area contributed by atoms with Crippen molar-refractivity contribution in [2.24, 2.45) is 0 Å². The quantitative estimate of drug-likeness (QED) is 0.0785. The van der Waals surface area contributed by atoms with E-state index in [4.69, 9.17) is 0 Å². The largest absolute Gasteiger partial charge is 0.277 e. The van der Waals surface area contributed by atoms with E-state index in [0.717, 1.165) is 96.7 Å². The number of carbonyl (C=O) groups is 12. The van der Waals surface area contributed by atoms with Gasteiger partial charge < -0.3 is 0 Å². The van der Waals surface area contributed by atoms with Crippen molar-refractivity contribution in [2.75, 3.05) is 42.3 Å². The fourth-order valence-electron chi connectivity index (χ4n) is 18.3. The van der Waals surface area contributed by atoms with Crippen molar-refractivity contribution >= 4 is 168 Å². The molecule has 6 aliphatic rings. The van der Waals surface area contributed by atoms with Crippen molar-refractivity contribution < 1.29 is 57.5 Å². The fraction of sp³-hybridized carbons (Fsp3) is 0.326. The molecule has 0 spiro atoms. The Morgan fingerprint density at radius 2 is 0.345 bits per heavy atom. The zero-order valence-electron chi connectivity index (χ0n) is 66.7. The van der Waals surface area contributed by atoms with Gasteiger partial charge in [-0.1, -0.05) is 149 Å². The predicted octanol–water partition coefficient (Wildman–Crippen LogP) is 17.5. The molecule has 12 aromatic rings. The average Bonchev–Trinajstić information content (AvgIpc) is 0.682. The van der Waals surface area contributed by atoms with Gasteiger partial charge >= 0.3 is 0 Å². The van der Waals surface area contributed by atoms with E-state index in [-0.39, 0.29) is 68.9 Å². The lowest BCUT2D eigenvalue weighted by molar-refractivity contribution is 0.0627. The maximum atomic E-state index is 13.6. The standard InChI is InChI=1S/2C34H30N2O4.C24H26N2O4/c1-33(2,3)21-13-19-23-17(29(37)35(7)31(19)39)12-10-16-26-22(34(4,5)6)14-20-24-18(30(38)36(8)32(20)40)11-9-15(28(24)26)25(21)27(16)23;1-33(2,3)21-13-19-25-20(32(40)36(8)31(19)39)14-22(34(4,5)6)27-16-10-12-18-24-17(29(37)35(7)30(18)38)11-9-15(23(16)24)26(21)28(25)27;1-23(2,3)13-9-11-16-15-12(20(28)25(7)21(29)17(13)15)10-14(24(4,5)6)18(16)22(30)26(8)19(11)27/h2*9-14H,1-8H3;9-10H,1-8H3. The zero-order chi connectivity index (χ0) is 80.1. The van der Waals surface area contributed by atoms with Crippen LogP contribution >= 0.6 is 0 Å². The summed E-state index contributed by atoms with van der Waals surface area (Å²) in [6.45, 7) is 37.2. The molecule has 18 heteroatoms. The fourth-order valence-corrected chi connectivity index (χ4v) is 18.3. The molecule has 556 valence electrons. The van der Waals surface area contributed by atoms with Gasteiger partial charge in [0, 0.05) is 130 Å². The Bertz CT molecular complexity index is 6200. The number of rotatable bonds is 0. The first-order valence-electron chi connectivity index (χ1n) is 37.2. The lowest BCUT2D eigenvalue weighted by Gasteiger charge is -2.36. The summed E-state index contributed by atoms with van der Waals surface area (Å²) in [5, 5.41) is 14.7. The van der Waals surface area contributed by atoms with Crippen molar-refractivity contribution in [1.29, 1.82) is 0 Å². The molecule has 6 heterocycles. The third-order valence-electron chi connectivity index (χ3n) is 23.8. The molecule has 0 radical (unpaired) electrons. The Labute approximate surface area is 635 Å². The van der Waals surface area contributed by atoms with Crippen LogP contribution < -0.4 is 0 Å². The van der Waals surface area contributed by atoms with Gasteiger partial charge in [-0.25, -0.2) is 0 Å². The molecule has 0 aromatic heterocycles. The van der Waals surface area contributed by atoms with Gasteiger partial charge in [0.1, 0.15) is 0 Å². The third-order valence-corrected chi connectivity index (χ3v) is 23.8. The summed E-state index contributed by atoms with van der Waals surface area (Å²) in [7, 11) is 9.07. The van der Waals surface area contributed by atoms with E-state index in [2.05, 4.69) is 83.1 Å². The molecule has 12 aromatic carbocycles. The molecule has 110 heavy (non-hydrogen) atoms. The molecule has 18 rings (SSSR count). The van der Waals surface area contributed by atoms with Crippen LogP contribution in [0.3, 0.4) is 0 Å². The minimum atomic E-state index is -0.447. The molecule has 0 N–H and O–H groups in total. The van der Waals surface area contributed by atoms with Crippen LogP contribution in [0, 0.1) is 0 Å². The summed E-state index contributed by atoms with van der Waals surface area (Å²) < 4.78 is 0. The summed E-state index contributed by atoms with van der Waals surface area (Å²) in [6, 6.07) is 26.5. The first-order valence-corrected chi connectivity index (χ1v) is 37.2. The highest BCUT2D eigenvalue weighted by Crippen LogP contribution is 2.55. The van der Waals surface area contributed by atoms with Gasteiger partial charge in [0.25, 0.3) is 70.9 Å². The van der Waals surface area contributed by atoms with Crippen molar-refractivity contribution in [2.45, 2.75) is 157 Å². The topological polar surface area (TPSA) is 224 Å². The molecule has 12 amide bonds. The van der Waals surface area contributed by atoms with Crippen LogP contribution in [0.1, 0.15) is 282 Å². The van der Waals surface area contributed by atoms with Crippen molar-refractivity contribution in [3.8, 4) is 0 Å². The second-order valence-electron chi connectivity index (χ2n) is 37.0. The summed E-state index contributed by atoms with van der Waals surface area (Å²) >= 11 is 0. The van der Waals surface area contributed by atoms with E-state index in [0.29, 0.717) is 110 Å². The molecule has 0 fully saturated rings. The van der Waals surface area contributed by atoms with Crippen LogP contribution in [0.4, 0.5) is 0 Å². The zero-order valence-corrected chi connectivity index (χ0v) is 66.7. The Morgan fingerprint density at radius 1 is 0.173 bits per heavy atom. The maximum absolute atomic E-state index is 13.6. The van der Waals surface area contributed by atoms with Gasteiger partial charge in [0.15, 0.2) is 0 Å². The third kappa shape index (κ3) is 9.45. The Morgan fingerprint density at radius 3 is 0.582 bits per heavy atom. The van der Waals surface area contributed by atoms with Crippen LogP contribution in [0.5, 0.6) is 0 Å². The summed E-state index contributed by atoms with van der Waals surface area (Å²) in [5.41, 5.74) is 8.76. The van der Waals surface area contributed by atoms with Gasteiger partial charge in [-0.15, -0.1) is 0 Å². The predicted molar refractivity (Wildman–Crippen MR) is 430 cm³/mol. The molecule has 0 saturated heterocycles. The van der Waals surface area contributed by atoms with Crippen LogP contribution in [0.25, 0.3) is 97.0 Å². The maximum Gasteiger partial charge on any atom is 0.261 e. The highest BCUT2D eigenvalue weighted by molar-refractivity contribution is 6.45. The second-order valence-corrected chi connectivity index (χ2v) is 37.0. The summed E-state index contributed by atoms with van der Waals surface area (Å²) in [6.07, 6.45) is 0.